The van der Waals surface area contributed by atoms with Crippen LogP contribution in [0.1, 0.15) is 41.3 Å². The summed E-state index contributed by atoms with van der Waals surface area (Å²) < 4.78 is 0. The van der Waals surface area contributed by atoms with E-state index in [2.05, 4.69) is 51.9 Å². The Balaban J connectivity index is 1.60. The third-order valence-corrected chi connectivity index (χ3v) is 5.36. The lowest BCUT2D eigenvalue weighted by molar-refractivity contribution is 0.0940. The Bertz CT molecular complexity index is 873. The third-order valence-electron chi connectivity index (χ3n) is 5.36. The molecule has 2 aromatic heterocycles. The van der Waals surface area contributed by atoms with Crippen LogP contribution < -0.4 is 15.1 Å². The molecule has 0 saturated carbocycles. The maximum atomic E-state index is 12.4. The molecule has 7 nitrogen and oxygen atoms in total. The van der Waals surface area contributed by atoms with Crippen LogP contribution >= 0.6 is 0 Å². The van der Waals surface area contributed by atoms with Gasteiger partial charge in [0.1, 0.15) is 23.2 Å². The van der Waals surface area contributed by atoms with Gasteiger partial charge in [0.2, 0.25) is 0 Å². The Morgan fingerprint density at radius 2 is 1.82 bits per heavy atom. The second-order valence-corrected chi connectivity index (χ2v) is 8.01. The summed E-state index contributed by atoms with van der Waals surface area (Å²) in [5.41, 5.74) is 2.76. The van der Waals surface area contributed by atoms with E-state index in [1.165, 1.54) is 5.56 Å². The van der Waals surface area contributed by atoms with Gasteiger partial charge in [-0.3, -0.25) is 4.79 Å². The summed E-state index contributed by atoms with van der Waals surface area (Å²) in [4.78, 5) is 31.1. The van der Waals surface area contributed by atoms with Crippen molar-refractivity contribution in [2.24, 2.45) is 5.92 Å². The standard InChI is InChI=1S/C21H28N6O/c1-14(2)13-17-24-18-16(6-8-23-21(18)28)20(25-17)27-11-9-26(10-12-27)19-15(3)5-4-7-22-19/h4-5,7,14H,6,8-13H2,1-3H3,(H,23,28). The summed E-state index contributed by atoms with van der Waals surface area (Å²) in [5.74, 6) is 3.16. The number of nitrogens with zero attached hydrogens (tertiary/aromatic N) is 5. The molecule has 0 atom stereocenters. The van der Waals surface area contributed by atoms with Gasteiger partial charge in [-0.15, -0.1) is 0 Å². The lowest BCUT2D eigenvalue weighted by atomic mass is 10.0. The van der Waals surface area contributed by atoms with E-state index in [1.54, 1.807) is 0 Å². The summed E-state index contributed by atoms with van der Waals surface area (Å²) >= 11 is 0. The largest absolute Gasteiger partial charge is 0.353 e. The average molecular weight is 380 g/mol. The minimum absolute atomic E-state index is 0.0716. The van der Waals surface area contributed by atoms with Crippen molar-refractivity contribution in [3.05, 3.63) is 41.0 Å². The molecular weight excluding hydrogens is 352 g/mol. The Labute approximate surface area is 166 Å². The average Bonchev–Trinajstić information content (AvgIpc) is 2.68. The highest BCUT2D eigenvalue weighted by Crippen LogP contribution is 2.27. The number of nitrogens with one attached hydrogen (secondary N) is 1. The molecule has 2 aliphatic heterocycles. The van der Waals surface area contributed by atoms with E-state index in [-0.39, 0.29) is 5.91 Å². The monoisotopic (exact) mass is 380 g/mol. The molecule has 0 unspecified atom stereocenters. The lowest BCUT2D eigenvalue weighted by Crippen LogP contribution is -2.48. The maximum absolute atomic E-state index is 12.4. The Hall–Kier alpha value is -2.70. The van der Waals surface area contributed by atoms with Crippen LogP contribution in [0.2, 0.25) is 0 Å². The summed E-state index contributed by atoms with van der Waals surface area (Å²) in [6.45, 7) is 10.6. The van der Waals surface area contributed by atoms with Gasteiger partial charge in [-0.25, -0.2) is 15.0 Å². The fraction of sp³-hybridized carbons (Fsp3) is 0.524. The first-order valence-corrected chi connectivity index (χ1v) is 10.1. The fourth-order valence-corrected chi connectivity index (χ4v) is 3.98. The number of piperazine rings is 1. The number of aryl methyl sites for hydroxylation is 1. The molecule has 0 aliphatic carbocycles. The van der Waals surface area contributed by atoms with Gasteiger partial charge in [-0.2, -0.15) is 0 Å². The quantitative estimate of drug-likeness (QED) is 0.874. The minimum Gasteiger partial charge on any atom is -0.353 e. The zero-order valence-corrected chi connectivity index (χ0v) is 16.9. The molecule has 28 heavy (non-hydrogen) atoms. The second-order valence-electron chi connectivity index (χ2n) is 8.01. The van der Waals surface area contributed by atoms with E-state index in [0.717, 1.165) is 62.0 Å². The van der Waals surface area contributed by atoms with Gasteiger partial charge in [0.05, 0.1) is 0 Å². The number of carbonyl (C=O) groups is 1. The zero-order valence-electron chi connectivity index (χ0n) is 16.9. The molecule has 148 valence electrons. The van der Waals surface area contributed by atoms with Crippen LogP contribution in [0.15, 0.2) is 18.3 Å². The first-order chi connectivity index (χ1) is 13.5. The molecule has 0 bridgehead atoms. The first-order valence-electron chi connectivity index (χ1n) is 10.1. The number of amides is 1. The van der Waals surface area contributed by atoms with Crippen molar-refractivity contribution in [2.75, 3.05) is 42.5 Å². The summed E-state index contributed by atoms with van der Waals surface area (Å²) in [7, 11) is 0. The van der Waals surface area contributed by atoms with Crippen molar-refractivity contribution < 1.29 is 4.79 Å². The van der Waals surface area contributed by atoms with E-state index in [1.807, 2.05) is 12.3 Å². The molecule has 2 aliphatic rings. The van der Waals surface area contributed by atoms with Crippen LogP contribution in [0, 0.1) is 12.8 Å². The first kappa shape index (κ1) is 18.7. The van der Waals surface area contributed by atoms with Gasteiger partial charge in [-0.1, -0.05) is 19.9 Å². The van der Waals surface area contributed by atoms with Crippen LogP contribution in [-0.2, 0) is 12.8 Å². The molecule has 1 N–H and O–H groups in total. The maximum Gasteiger partial charge on any atom is 0.270 e. The predicted molar refractivity (Wildman–Crippen MR) is 110 cm³/mol. The number of carbonyl (C=O) groups excluding carboxylic acids is 1. The van der Waals surface area contributed by atoms with E-state index in [9.17, 15) is 4.79 Å². The van der Waals surface area contributed by atoms with Gasteiger partial charge in [0.25, 0.3) is 5.91 Å². The number of hydrogen-bond donors (Lipinski definition) is 1. The number of hydrogen-bond acceptors (Lipinski definition) is 6. The number of rotatable bonds is 4. The van der Waals surface area contributed by atoms with Gasteiger partial charge >= 0.3 is 0 Å². The van der Waals surface area contributed by atoms with E-state index < -0.39 is 0 Å². The van der Waals surface area contributed by atoms with Crippen molar-refractivity contribution in [1.29, 1.82) is 0 Å². The van der Waals surface area contributed by atoms with Crippen LogP contribution in [0.25, 0.3) is 0 Å². The molecule has 0 aromatic carbocycles. The molecule has 2 aromatic rings. The topological polar surface area (TPSA) is 74.2 Å². The Morgan fingerprint density at radius 1 is 1.11 bits per heavy atom. The highest BCUT2D eigenvalue weighted by Gasteiger charge is 2.28. The molecular formula is C21H28N6O. The van der Waals surface area contributed by atoms with Crippen LogP contribution in [-0.4, -0.2) is 53.6 Å². The van der Waals surface area contributed by atoms with Crippen molar-refractivity contribution >= 4 is 17.5 Å². The molecule has 0 radical (unpaired) electrons. The Kier molecular flexibility index (Phi) is 5.15. The predicted octanol–water partition coefficient (Wildman–Crippen LogP) is 1.99. The molecule has 7 heteroatoms. The highest BCUT2D eigenvalue weighted by molar-refractivity contribution is 5.96. The third kappa shape index (κ3) is 3.66. The summed E-state index contributed by atoms with van der Waals surface area (Å²) in [5, 5.41) is 2.92. The number of aromatic nitrogens is 3. The number of pyridine rings is 1. The summed E-state index contributed by atoms with van der Waals surface area (Å²) in [6.07, 6.45) is 3.42. The molecule has 0 spiro atoms. The number of fused-ring (bicyclic) bond motifs is 1. The normalized spacial score (nSPS) is 16.9. The zero-order chi connectivity index (χ0) is 19.7. The van der Waals surface area contributed by atoms with Crippen molar-refractivity contribution in [3.63, 3.8) is 0 Å². The molecule has 4 rings (SSSR count). The van der Waals surface area contributed by atoms with Crippen molar-refractivity contribution in [3.8, 4) is 0 Å². The number of anilines is 2. The van der Waals surface area contributed by atoms with Crippen LogP contribution in [0.4, 0.5) is 11.6 Å². The van der Waals surface area contributed by atoms with Gasteiger partial charge in [-0.05, 0) is 30.9 Å². The van der Waals surface area contributed by atoms with Crippen LogP contribution in [0.3, 0.4) is 0 Å². The Morgan fingerprint density at radius 3 is 2.50 bits per heavy atom. The smallest absolute Gasteiger partial charge is 0.270 e. The molecule has 1 saturated heterocycles. The van der Waals surface area contributed by atoms with E-state index in [0.29, 0.717) is 18.2 Å². The van der Waals surface area contributed by atoms with Crippen LogP contribution in [0.5, 0.6) is 0 Å². The minimum atomic E-state index is -0.0716. The van der Waals surface area contributed by atoms with Gasteiger partial charge in [0, 0.05) is 50.9 Å². The fourth-order valence-electron chi connectivity index (χ4n) is 3.98. The summed E-state index contributed by atoms with van der Waals surface area (Å²) in [6, 6.07) is 4.08. The van der Waals surface area contributed by atoms with Crippen molar-refractivity contribution in [1.82, 2.24) is 20.3 Å². The highest BCUT2D eigenvalue weighted by atomic mass is 16.1. The van der Waals surface area contributed by atoms with E-state index >= 15 is 0 Å². The lowest BCUT2D eigenvalue weighted by Gasteiger charge is -2.38. The SMILES string of the molecule is Cc1cccnc1N1CCN(c2nc(CC(C)C)nc3c2CCNC3=O)CC1. The van der Waals surface area contributed by atoms with E-state index in [4.69, 9.17) is 4.98 Å². The molecule has 4 heterocycles. The van der Waals surface area contributed by atoms with Gasteiger partial charge < -0.3 is 15.1 Å². The second kappa shape index (κ2) is 7.73. The molecule has 1 fully saturated rings. The van der Waals surface area contributed by atoms with Gasteiger partial charge in [0.15, 0.2) is 0 Å². The molecule has 1 amide bonds. The van der Waals surface area contributed by atoms with Crippen molar-refractivity contribution in [2.45, 2.75) is 33.6 Å².